The average Bonchev–Trinajstić information content (AvgIpc) is 3.26. The molecular weight excluding hydrogens is 496 g/mol. The first-order chi connectivity index (χ1) is 17.8. The number of carbonyl (C=O) groups is 1. The number of benzene rings is 2. The predicted octanol–water partition coefficient (Wildman–Crippen LogP) is 5.05. The summed E-state index contributed by atoms with van der Waals surface area (Å²) in [5.41, 5.74) is 10.3. The second-order valence-electron chi connectivity index (χ2n) is 9.13. The van der Waals surface area contributed by atoms with E-state index in [2.05, 4.69) is 10.3 Å². The van der Waals surface area contributed by atoms with Crippen LogP contribution in [0.5, 0.6) is 5.75 Å². The van der Waals surface area contributed by atoms with Crippen LogP contribution in [0, 0.1) is 23.0 Å². The van der Waals surface area contributed by atoms with Crippen molar-refractivity contribution in [2.45, 2.75) is 26.2 Å². The molecule has 2 aromatic carbocycles. The highest BCUT2D eigenvalue weighted by atomic mass is 35.5. The number of nitrogen functional groups attached to an aromatic ring is 1. The van der Waals surface area contributed by atoms with Gasteiger partial charge in [-0.1, -0.05) is 24.1 Å². The number of halogens is 1. The minimum atomic E-state index is -0.445. The van der Waals surface area contributed by atoms with Crippen LogP contribution < -0.4 is 15.8 Å². The lowest BCUT2D eigenvalue weighted by atomic mass is 9.85. The van der Waals surface area contributed by atoms with Gasteiger partial charge in [0.15, 0.2) is 0 Å². The van der Waals surface area contributed by atoms with Crippen LogP contribution in [0.15, 0.2) is 42.6 Å². The van der Waals surface area contributed by atoms with Gasteiger partial charge in [-0.25, -0.2) is 9.50 Å². The van der Waals surface area contributed by atoms with Gasteiger partial charge in [0.1, 0.15) is 27.9 Å². The standard InChI is InChI=1S/C26H25ClN6O4/c1-14-10-17(33(35)36)7-9-18(14)23-22(24-25(28)29-13-21(27)32(24)31-23)16-6-8-19(20(11-16)37-2)26(34)30-12-15-4-3-5-15/h6-11,13,15H,3-5,12H2,1-2H3,(H2,28,29)(H,30,34). The van der Waals surface area contributed by atoms with Gasteiger partial charge in [0.25, 0.3) is 11.6 Å². The Kier molecular flexibility index (Phi) is 6.43. The normalized spacial score (nSPS) is 13.4. The molecule has 2 heterocycles. The third-order valence-corrected chi connectivity index (χ3v) is 7.09. The van der Waals surface area contributed by atoms with Crippen LogP contribution in [0.1, 0.15) is 35.2 Å². The fourth-order valence-electron chi connectivity index (χ4n) is 4.60. The predicted molar refractivity (Wildman–Crippen MR) is 141 cm³/mol. The van der Waals surface area contributed by atoms with Crippen molar-refractivity contribution in [2.75, 3.05) is 19.4 Å². The molecule has 0 bridgehead atoms. The Labute approximate surface area is 217 Å². The zero-order valence-corrected chi connectivity index (χ0v) is 21.1. The molecule has 0 aliphatic heterocycles. The molecule has 0 unspecified atom stereocenters. The van der Waals surface area contributed by atoms with Crippen LogP contribution in [0.3, 0.4) is 0 Å². The minimum absolute atomic E-state index is 0.0234. The van der Waals surface area contributed by atoms with Gasteiger partial charge in [-0.05, 0) is 55.0 Å². The third kappa shape index (κ3) is 4.44. The zero-order valence-electron chi connectivity index (χ0n) is 20.3. The number of nitrogens with two attached hydrogens (primary N) is 1. The minimum Gasteiger partial charge on any atom is -0.496 e. The van der Waals surface area contributed by atoms with Crippen molar-refractivity contribution in [1.29, 1.82) is 0 Å². The molecule has 0 atom stereocenters. The second kappa shape index (κ2) is 9.70. The number of nitrogens with zero attached hydrogens (tertiary/aromatic N) is 4. The molecule has 190 valence electrons. The van der Waals surface area contributed by atoms with Gasteiger partial charge in [-0.2, -0.15) is 5.10 Å². The fourth-order valence-corrected chi connectivity index (χ4v) is 4.77. The Balaban J connectivity index is 1.65. The van der Waals surface area contributed by atoms with Crippen molar-refractivity contribution in [1.82, 2.24) is 19.9 Å². The number of fused-ring (bicyclic) bond motifs is 1. The number of anilines is 1. The van der Waals surface area contributed by atoms with E-state index in [1.807, 2.05) is 0 Å². The molecular formula is C26H25ClN6O4. The number of amides is 1. The van der Waals surface area contributed by atoms with E-state index < -0.39 is 4.92 Å². The lowest BCUT2D eigenvalue weighted by Crippen LogP contribution is -2.32. The number of hydrogen-bond donors (Lipinski definition) is 2. The topological polar surface area (TPSA) is 138 Å². The first kappa shape index (κ1) is 24.5. The summed E-state index contributed by atoms with van der Waals surface area (Å²) in [4.78, 5) is 27.9. The lowest BCUT2D eigenvalue weighted by Gasteiger charge is -2.25. The molecule has 1 aliphatic rings. The molecule has 1 aliphatic carbocycles. The van der Waals surface area contributed by atoms with E-state index in [9.17, 15) is 14.9 Å². The number of hydrogen-bond acceptors (Lipinski definition) is 7. The fraction of sp³-hybridized carbons (Fsp3) is 0.269. The van der Waals surface area contributed by atoms with E-state index in [1.54, 1.807) is 31.2 Å². The summed E-state index contributed by atoms with van der Waals surface area (Å²) in [6.45, 7) is 2.41. The molecule has 0 saturated heterocycles. The van der Waals surface area contributed by atoms with Crippen molar-refractivity contribution in [3.05, 3.63) is 69.0 Å². The molecule has 1 amide bonds. The molecule has 0 spiro atoms. The molecule has 5 rings (SSSR count). The third-order valence-electron chi connectivity index (χ3n) is 6.83. The van der Waals surface area contributed by atoms with Crippen LogP contribution in [0.2, 0.25) is 5.15 Å². The van der Waals surface area contributed by atoms with Crippen LogP contribution >= 0.6 is 11.6 Å². The molecule has 4 aromatic rings. The van der Waals surface area contributed by atoms with E-state index in [0.29, 0.717) is 57.2 Å². The van der Waals surface area contributed by atoms with Crippen LogP contribution in [0.25, 0.3) is 27.9 Å². The van der Waals surface area contributed by atoms with Gasteiger partial charge in [0.05, 0.1) is 23.8 Å². The summed E-state index contributed by atoms with van der Waals surface area (Å²) >= 11 is 6.41. The highest BCUT2D eigenvalue weighted by molar-refractivity contribution is 6.29. The Morgan fingerprint density at radius 2 is 2.08 bits per heavy atom. The van der Waals surface area contributed by atoms with Gasteiger partial charge in [-0.15, -0.1) is 0 Å². The lowest BCUT2D eigenvalue weighted by molar-refractivity contribution is -0.384. The van der Waals surface area contributed by atoms with Crippen LogP contribution in [0.4, 0.5) is 11.5 Å². The first-order valence-corrected chi connectivity index (χ1v) is 12.2. The van der Waals surface area contributed by atoms with Gasteiger partial charge < -0.3 is 15.8 Å². The number of nitrogens with one attached hydrogen (secondary N) is 1. The van der Waals surface area contributed by atoms with E-state index in [-0.39, 0.29) is 22.6 Å². The first-order valence-electron chi connectivity index (χ1n) is 11.8. The number of methoxy groups -OCH3 is 1. The number of aromatic nitrogens is 3. The van der Waals surface area contributed by atoms with E-state index in [4.69, 9.17) is 27.2 Å². The number of nitro groups is 1. The summed E-state index contributed by atoms with van der Waals surface area (Å²) in [7, 11) is 1.51. The van der Waals surface area contributed by atoms with Crippen molar-refractivity contribution in [2.24, 2.45) is 5.92 Å². The van der Waals surface area contributed by atoms with Gasteiger partial charge in [-0.3, -0.25) is 14.9 Å². The molecule has 11 heteroatoms. The Hall–Kier alpha value is -4.18. The largest absolute Gasteiger partial charge is 0.496 e. The molecule has 2 aromatic heterocycles. The zero-order chi connectivity index (χ0) is 26.3. The van der Waals surface area contributed by atoms with E-state index >= 15 is 0 Å². The SMILES string of the molecule is COc1cc(-c2c(-c3ccc([N+](=O)[O-])cc3C)nn3c(Cl)cnc(N)c23)ccc1C(=O)NCC1CCC1. The van der Waals surface area contributed by atoms with Gasteiger partial charge >= 0.3 is 0 Å². The summed E-state index contributed by atoms with van der Waals surface area (Å²) in [6, 6.07) is 9.81. The number of ether oxygens (including phenoxy) is 1. The maximum Gasteiger partial charge on any atom is 0.269 e. The number of nitro benzene ring substituents is 1. The molecule has 0 radical (unpaired) electrons. The Bertz CT molecular complexity index is 1550. The summed E-state index contributed by atoms with van der Waals surface area (Å²) in [5, 5.41) is 19.2. The molecule has 3 N–H and O–H groups in total. The van der Waals surface area contributed by atoms with Gasteiger partial charge in [0.2, 0.25) is 0 Å². The van der Waals surface area contributed by atoms with Crippen molar-refractivity contribution in [3.63, 3.8) is 0 Å². The van der Waals surface area contributed by atoms with Crippen LogP contribution in [-0.2, 0) is 0 Å². The van der Waals surface area contributed by atoms with E-state index in [0.717, 1.165) is 12.8 Å². The number of rotatable bonds is 7. The summed E-state index contributed by atoms with van der Waals surface area (Å²) < 4.78 is 7.08. The number of non-ortho nitro benzene ring substituents is 1. The van der Waals surface area contributed by atoms with Crippen molar-refractivity contribution < 1.29 is 14.5 Å². The molecule has 37 heavy (non-hydrogen) atoms. The molecule has 10 nitrogen and oxygen atoms in total. The molecule has 1 fully saturated rings. The highest BCUT2D eigenvalue weighted by Gasteiger charge is 2.25. The maximum atomic E-state index is 12.9. The Morgan fingerprint density at radius 3 is 2.73 bits per heavy atom. The number of aryl methyl sites for hydroxylation is 1. The molecule has 1 saturated carbocycles. The highest BCUT2D eigenvalue weighted by Crippen LogP contribution is 2.41. The maximum absolute atomic E-state index is 12.9. The quantitative estimate of drug-likeness (QED) is 0.257. The van der Waals surface area contributed by atoms with E-state index in [1.165, 1.54) is 36.4 Å². The summed E-state index contributed by atoms with van der Waals surface area (Å²) in [5.74, 6) is 0.924. The van der Waals surface area contributed by atoms with Gasteiger partial charge in [0, 0.05) is 29.8 Å². The second-order valence-corrected chi connectivity index (χ2v) is 9.52. The van der Waals surface area contributed by atoms with Crippen LogP contribution in [-0.4, -0.2) is 39.1 Å². The van der Waals surface area contributed by atoms with Crippen molar-refractivity contribution in [3.8, 4) is 28.1 Å². The summed E-state index contributed by atoms with van der Waals surface area (Å²) in [6.07, 6.45) is 4.88. The monoisotopic (exact) mass is 520 g/mol. The average molecular weight is 521 g/mol. The number of carbonyl (C=O) groups excluding carboxylic acids is 1. The van der Waals surface area contributed by atoms with Crippen molar-refractivity contribution >= 4 is 34.5 Å². The smallest absolute Gasteiger partial charge is 0.269 e. The Morgan fingerprint density at radius 1 is 1.30 bits per heavy atom.